The number of carbonyl (C=O) groups is 1. The molecule has 1 aliphatic carbocycles. The highest BCUT2D eigenvalue weighted by atomic mass is 16.6. The fourth-order valence-corrected chi connectivity index (χ4v) is 1.79. The lowest BCUT2D eigenvalue weighted by molar-refractivity contribution is -0.150. The molecule has 1 saturated heterocycles. The molecule has 0 aromatic carbocycles. The van der Waals surface area contributed by atoms with Crippen LogP contribution in [-0.4, -0.2) is 24.8 Å². The van der Waals surface area contributed by atoms with E-state index in [0.29, 0.717) is 6.42 Å². The maximum atomic E-state index is 11.3. The van der Waals surface area contributed by atoms with Gasteiger partial charge in [0.25, 0.3) is 0 Å². The average molecular weight is 184 g/mol. The van der Waals surface area contributed by atoms with E-state index in [2.05, 4.69) is 0 Å². The Hall–Kier alpha value is -0.570. The molecule has 2 rings (SSSR count). The molecule has 13 heavy (non-hydrogen) atoms. The normalized spacial score (nSPS) is 28.5. The molecule has 3 heteroatoms. The Balaban J connectivity index is 1.66. The monoisotopic (exact) mass is 184 g/mol. The van der Waals surface area contributed by atoms with Gasteiger partial charge in [-0.3, -0.25) is 4.79 Å². The van der Waals surface area contributed by atoms with Crippen molar-refractivity contribution in [1.82, 2.24) is 0 Å². The van der Waals surface area contributed by atoms with E-state index in [-0.39, 0.29) is 18.2 Å². The Bertz CT molecular complexity index is 181. The summed E-state index contributed by atoms with van der Waals surface area (Å²) in [6.07, 6.45) is 6.62. The second-order valence-electron chi connectivity index (χ2n) is 3.91. The minimum absolute atomic E-state index is 0.0746. The SMILES string of the molecule is O=C(CC1CO1)OC1CCCCC1. The summed E-state index contributed by atoms with van der Waals surface area (Å²) in [6, 6.07) is 0. The van der Waals surface area contributed by atoms with Crippen LogP contribution in [0.3, 0.4) is 0 Å². The molecule has 0 spiro atoms. The predicted octanol–water partition coefficient (Wildman–Crippen LogP) is 1.65. The summed E-state index contributed by atoms with van der Waals surface area (Å²) in [4.78, 5) is 11.3. The Morgan fingerprint density at radius 3 is 2.62 bits per heavy atom. The first kappa shape index (κ1) is 9.00. The zero-order valence-electron chi connectivity index (χ0n) is 7.83. The number of ether oxygens (including phenoxy) is 2. The molecule has 1 unspecified atom stereocenters. The number of hydrogen-bond acceptors (Lipinski definition) is 3. The van der Waals surface area contributed by atoms with Crippen LogP contribution in [0.15, 0.2) is 0 Å². The standard InChI is InChI=1S/C10H16O3/c11-10(6-9-7-12-9)13-8-4-2-1-3-5-8/h8-9H,1-7H2. The highest BCUT2D eigenvalue weighted by Gasteiger charge is 2.28. The van der Waals surface area contributed by atoms with Crippen molar-refractivity contribution in [2.24, 2.45) is 0 Å². The van der Waals surface area contributed by atoms with Gasteiger partial charge in [-0.15, -0.1) is 0 Å². The first-order valence-electron chi connectivity index (χ1n) is 5.15. The topological polar surface area (TPSA) is 38.8 Å². The van der Waals surface area contributed by atoms with Crippen LogP contribution in [0.25, 0.3) is 0 Å². The molecule has 2 aliphatic rings. The van der Waals surface area contributed by atoms with Crippen molar-refractivity contribution in [2.75, 3.05) is 6.61 Å². The van der Waals surface area contributed by atoms with E-state index >= 15 is 0 Å². The molecule has 0 aromatic heterocycles. The molecule has 1 saturated carbocycles. The van der Waals surface area contributed by atoms with Crippen LogP contribution < -0.4 is 0 Å². The van der Waals surface area contributed by atoms with Crippen LogP contribution in [0.4, 0.5) is 0 Å². The number of esters is 1. The van der Waals surface area contributed by atoms with Crippen molar-refractivity contribution in [3.05, 3.63) is 0 Å². The Labute approximate surface area is 78.4 Å². The van der Waals surface area contributed by atoms with Gasteiger partial charge >= 0.3 is 5.97 Å². The molecule has 1 heterocycles. The molecule has 0 amide bonds. The Kier molecular flexibility index (Phi) is 2.83. The van der Waals surface area contributed by atoms with Gasteiger partial charge < -0.3 is 9.47 Å². The van der Waals surface area contributed by atoms with Gasteiger partial charge in [-0.05, 0) is 25.7 Å². The lowest BCUT2D eigenvalue weighted by atomic mass is 9.98. The van der Waals surface area contributed by atoms with Gasteiger partial charge in [-0.2, -0.15) is 0 Å². The molecule has 0 N–H and O–H groups in total. The third kappa shape index (κ3) is 2.99. The van der Waals surface area contributed by atoms with Gasteiger partial charge in [0.1, 0.15) is 6.10 Å². The fourth-order valence-electron chi connectivity index (χ4n) is 1.79. The maximum Gasteiger partial charge on any atom is 0.308 e. The third-order valence-electron chi connectivity index (χ3n) is 2.65. The van der Waals surface area contributed by atoms with Gasteiger partial charge in [0.15, 0.2) is 0 Å². The first-order valence-corrected chi connectivity index (χ1v) is 5.15. The van der Waals surface area contributed by atoms with Crippen molar-refractivity contribution < 1.29 is 14.3 Å². The average Bonchev–Trinajstić information content (AvgIpc) is 2.90. The van der Waals surface area contributed by atoms with Crippen LogP contribution in [0, 0.1) is 0 Å². The number of hydrogen-bond donors (Lipinski definition) is 0. The van der Waals surface area contributed by atoms with Crippen LogP contribution >= 0.6 is 0 Å². The number of epoxide rings is 1. The number of carbonyl (C=O) groups excluding carboxylic acids is 1. The second kappa shape index (κ2) is 4.09. The predicted molar refractivity (Wildman–Crippen MR) is 47.3 cm³/mol. The zero-order valence-corrected chi connectivity index (χ0v) is 7.83. The molecular weight excluding hydrogens is 168 g/mol. The third-order valence-corrected chi connectivity index (χ3v) is 2.65. The summed E-state index contributed by atoms with van der Waals surface area (Å²) in [5.41, 5.74) is 0. The van der Waals surface area contributed by atoms with Crippen molar-refractivity contribution in [1.29, 1.82) is 0 Å². The van der Waals surface area contributed by atoms with E-state index in [4.69, 9.17) is 9.47 Å². The van der Waals surface area contributed by atoms with Gasteiger partial charge in [0.2, 0.25) is 0 Å². The summed E-state index contributed by atoms with van der Waals surface area (Å²) in [5, 5.41) is 0. The number of rotatable bonds is 3. The molecule has 0 aromatic rings. The van der Waals surface area contributed by atoms with E-state index in [1.54, 1.807) is 0 Å². The largest absolute Gasteiger partial charge is 0.462 e. The van der Waals surface area contributed by atoms with E-state index in [0.717, 1.165) is 19.4 Å². The highest BCUT2D eigenvalue weighted by molar-refractivity contribution is 5.70. The van der Waals surface area contributed by atoms with E-state index < -0.39 is 0 Å². The van der Waals surface area contributed by atoms with Crippen molar-refractivity contribution >= 4 is 5.97 Å². The fraction of sp³-hybridized carbons (Fsp3) is 0.900. The van der Waals surface area contributed by atoms with Crippen molar-refractivity contribution in [3.63, 3.8) is 0 Å². The van der Waals surface area contributed by atoms with Crippen LogP contribution in [0.2, 0.25) is 0 Å². The first-order chi connectivity index (χ1) is 6.34. The molecule has 1 aliphatic heterocycles. The summed E-state index contributed by atoms with van der Waals surface area (Å²) in [7, 11) is 0. The van der Waals surface area contributed by atoms with Gasteiger partial charge in [-0.1, -0.05) is 6.42 Å². The maximum absolute atomic E-state index is 11.3. The Morgan fingerprint density at radius 1 is 1.31 bits per heavy atom. The minimum atomic E-state index is -0.0746. The lowest BCUT2D eigenvalue weighted by Gasteiger charge is -2.21. The lowest BCUT2D eigenvalue weighted by Crippen LogP contribution is -2.21. The van der Waals surface area contributed by atoms with Gasteiger partial charge in [0.05, 0.1) is 19.1 Å². The molecule has 0 radical (unpaired) electrons. The molecule has 74 valence electrons. The zero-order chi connectivity index (χ0) is 9.10. The summed E-state index contributed by atoms with van der Waals surface area (Å²) in [6.45, 7) is 0.736. The highest BCUT2D eigenvalue weighted by Crippen LogP contribution is 2.22. The minimum Gasteiger partial charge on any atom is -0.462 e. The van der Waals surface area contributed by atoms with E-state index in [1.165, 1.54) is 19.3 Å². The van der Waals surface area contributed by atoms with Gasteiger partial charge in [0, 0.05) is 0 Å². The summed E-state index contributed by atoms with van der Waals surface area (Å²) < 4.78 is 10.3. The smallest absolute Gasteiger partial charge is 0.308 e. The van der Waals surface area contributed by atoms with E-state index in [9.17, 15) is 4.79 Å². The van der Waals surface area contributed by atoms with Crippen molar-refractivity contribution in [2.45, 2.75) is 50.7 Å². The molecule has 3 nitrogen and oxygen atoms in total. The van der Waals surface area contributed by atoms with E-state index in [1.807, 2.05) is 0 Å². The molecular formula is C10H16O3. The van der Waals surface area contributed by atoms with Crippen LogP contribution in [-0.2, 0) is 14.3 Å². The van der Waals surface area contributed by atoms with Gasteiger partial charge in [-0.25, -0.2) is 0 Å². The molecule has 0 bridgehead atoms. The van der Waals surface area contributed by atoms with Crippen LogP contribution in [0.1, 0.15) is 38.5 Å². The molecule has 2 fully saturated rings. The van der Waals surface area contributed by atoms with Crippen molar-refractivity contribution in [3.8, 4) is 0 Å². The second-order valence-corrected chi connectivity index (χ2v) is 3.91. The summed E-state index contributed by atoms with van der Waals surface area (Å²) in [5.74, 6) is -0.0746. The Morgan fingerprint density at radius 2 is 2.00 bits per heavy atom. The summed E-state index contributed by atoms with van der Waals surface area (Å²) >= 11 is 0. The quantitative estimate of drug-likeness (QED) is 0.494. The molecule has 1 atom stereocenters. The van der Waals surface area contributed by atoms with Crippen LogP contribution in [0.5, 0.6) is 0 Å².